The minimum absolute atomic E-state index is 0.0792. The number of hydrogen-bond donors (Lipinski definition) is 1. The first-order valence-corrected chi connectivity index (χ1v) is 5.58. The second-order valence-corrected chi connectivity index (χ2v) is 3.87. The van der Waals surface area contributed by atoms with Crippen LogP contribution in [0.2, 0.25) is 0 Å². The molecule has 0 saturated heterocycles. The lowest BCUT2D eigenvalue weighted by Gasteiger charge is -2.08. The lowest BCUT2D eigenvalue weighted by molar-refractivity contribution is 0.303. The summed E-state index contributed by atoms with van der Waals surface area (Å²) in [7, 11) is 0. The van der Waals surface area contributed by atoms with E-state index in [0.29, 0.717) is 12.1 Å². The first-order valence-electron chi connectivity index (χ1n) is 5.58. The maximum atomic E-state index is 13.3. The Morgan fingerprint density at radius 1 is 1.06 bits per heavy atom. The third-order valence-electron chi connectivity index (χ3n) is 2.58. The Morgan fingerprint density at radius 3 is 2.61 bits per heavy atom. The van der Waals surface area contributed by atoms with E-state index in [9.17, 15) is 8.78 Å². The van der Waals surface area contributed by atoms with Crippen molar-refractivity contribution in [2.45, 2.75) is 6.42 Å². The van der Waals surface area contributed by atoms with E-state index in [1.807, 2.05) is 18.2 Å². The lowest BCUT2D eigenvalue weighted by Crippen LogP contribution is -2.05. The fourth-order valence-corrected chi connectivity index (χ4v) is 1.62. The fraction of sp³-hybridized carbons (Fsp3) is 0.143. The summed E-state index contributed by atoms with van der Waals surface area (Å²) in [6.45, 7) is 0.245. The first-order chi connectivity index (χ1) is 8.66. The van der Waals surface area contributed by atoms with Crippen LogP contribution in [0.15, 0.2) is 42.5 Å². The maximum absolute atomic E-state index is 13.3. The van der Waals surface area contributed by atoms with Gasteiger partial charge in [0.15, 0.2) is 11.6 Å². The zero-order valence-corrected chi connectivity index (χ0v) is 9.70. The Hall–Kier alpha value is -2.10. The summed E-state index contributed by atoms with van der Waals surface area (Å²) < 4.78 is 31.4. The molecule has 0 heterocycles. The van der Waals surface area contributed by atoms with Gasteiger partial charge < -0.3 is 10.5 Å². The van der Waals surface area contributed by atoms with Crippen LogP contribution in [0.3, 0.4) is 0 Å². The molecule has 0 aliphatic carbocycles. The predicted molar refractivity (Wildman–Crippen MR) is 66.4 cm³/mol. The van der Waals surface area contributed by atoms with Gasteiger partial charge in [-0.3, -0.25) is 0 Å². The van der Waals surface area contributed by atoms with Gasteiger partial charge in [0.2, 0.25) is 0 Å². The molecule has 4 heteroatoms. The molecule has 0 fully saturated rings. The average molecular weight is 249 g/mol. The van der Waals surface area contributed by atoms with Crippen molar-refractivity contribution in [2.75, 3.05) is 12.3 Å². The third-order valence-corrected chi connectivity index (χ3v) is 2.58. The molecule has 0 spiro atoms. The Labute approximate surface area is 104 Å². The number of benzene rings is 2. The summed E-state index contributed by atoms with van der Waals surface area (Å²) in [4.78, 5) is 0. The molecule has 0 radical (unpaired) electrons. The fourth-order valence-electron chi connectivity index (χ4n) is 1.62. The minimum Gasteiger partial charge on any atom is -0.490 e. The molecule has 0 bridgehead atoms. The van der Waals surface area contributed by atoms with E-state index < -0.39 is 11.6 Å². The Bertz CT molecular complexity index is 543. The summed E-state index contributed by atoms with van der Waals surface area (Å²) in [5, 5.41) is 0. The van der Waals surface area contributed by atoms with Gasteiger partial charge in [0.25, 0.3) is 0 Å². The summed E-state index contributed by atoms with van der Waals surface area (Å²) >= 11 is 0. The zero-order chi connectivity index (χ0) is 13.0. The Balaban J connectivity index is 1.96. The molecule has 0 aliphatic heterocycles. The van der Waals surface area contributed by atoms with Crippen molar-refractivity contribution < 1.29 is 13.5 Å². The van der Waals surface area contributed by atoms with Crippen molar-refractivity contribution in [1.29, 1.82) is 0 Å². The van der Waals surface area contributed by atoms with Crippen molar-refractivity contribution >= 4 is 5.69 Å². The van der Waals surface area contributed by atoms with Crippen LogP contribution in [0.1, 0.15) is 5.56 Å². The van der Waals surface area contributed by atoms with E-state index in [1.54, 1.807) is 6.07 Å². The average Bonchev–Trinajstić information content (AvgIpc) is 2.36. The number of ether oxygens (including phenoxy) is 1. The summed E-state index contributed by atoms with van der Waals surface area (Å²) in [6, 6.07) is 10.5. The van der Waals surface area contributed by atoms with Crippen LogP contribution in [0.5, 0.6) is 5.75 Å². The topological polar surface area (TPSA) is 35.2 Å². The molecule has 0 aliphatic rings. The number of hydrogen-bond acceptors (Lipinski definition) is 2. The quantitative estimate of drug-likeness (QED) is 0.845. The monoisotopic (exact) mass is 249 g/mol. The highest BCUT2D eigenvalue weighted by Crippen LogP contribution is 2.19. The van der Waals surface area contributed by atoms with E-state index in [0.717, 1.165) is 23.8 Å². The van der Waals surface area contributed by atoms with Gasteiger partial charge in [0, 0.05) is 18.2 Å². The van der Waals surface area contributed by atoms with Crippen molar-refractivity contribution in [3.63, 3.8) is 0 Å². The number of nitrogens with two attached hydrogens (primary N) is 1. The van der Waals surface area contributed by atoms with Crippen LogP contribution in [0.25, 0.3) is 0 Å². The van der Waals surface area contributed by atoms with Gasteiger partial charge in [-0.1, -0.05) is 18.2 Å². The standard InChI is InChI=1S/C14H13F2NO/c15-11-5-6-12(16)14(9-11)18-8-7-10-3-1-2-4-13(10)17/h1-6,9H,7-8,17H2. The molecule has 2 aromatic rings. The van der Waals surface area contributed by atoms with Gasteiger partial charge in [-0.2, -0.15) is 0 Å². The van der Waals surface area contributed by atoms with Crippen LogP contribution in [0.4, 0.5) is 14.5 Å². The van der Waals surface area contributed by atoms with Crippen molar-refractivity contribution in [2.24, 2.45) is 0 Å². The minimum atomic E-state index is -0.572. The smallest absolute Gasteiger partial charge is 0.165 e. The van der Waals surface area contributed by atoms with E-state index in [-0.39, 0.29) is 12.4 Å². The molecular formula is C14H13F2NO. The van der Waals surface area contributed by atoms with Gasteiger partial charge in [0.1, 0.15) is 5.82 Å². The molecule has 2 N–H and O–H groups in total. The van der Waals surface area contributed by atoms with Gasteiger partial charge >= 0.3 is 0 Å². The highest BCUT2D eigenvalue weighted by Gasteiger charge is 2.05. The molecular weight excluding hydrogens is 236 g/mol. The van der Waals surface area contributed by atoms with Crippen molar-refractivity contribution in [1.82, 2.24) is 0 Å². The van der Waals surface area contributed by atoms with Gasteiger partial charge in [-0.05, 0) is 23.8 Å². The summed E-state index contributed by atoms with van der Waals surface area (Å²) in [6.07, 6.45) is 0.544. The number of para-hydroxylation sites is 1. The van der Waals surface area contributed by atoms with Gasteiger partial charge in [0.05, 0.1) is 6.61 Å². The number of anilines is 1. The molecule has 0 saturated carbocycles. The number of nitrogen functional groups attached to an aromatic ring is 1. The molecule has 0 amide bonds. The van der Waals surface area contributed by atoms with Crippen LogP contribution >= 0.6 is 0 Å². The first kappa shape index (κ1) is 12.4. The SMILES string of the molecule is Nc1ccccc1CCOc1cc(F)ccc1F. The Morgan fingerprint density at radius 2 is 1.83 bits per heavy atom. The molecule has 0 aromatic heterocycles. The zero-order valence-electron chi connectivity index (χ0n) is 9.70. The van der Waals surface area contributed by atoms with Crippen LogP contribution in [-0.2, 0) is 6.42 Å². The molecule has 2 aromatic carbocycles. The molecule has 2 rings (SSSR count). The van der Waals surface area contributed by atoms with Crippen LogP contribution in [-0.4, -0.2) is 6.61 Å². The summed E-state index contributed by atoms with van der Waals surface area (Å²) in [5.41, 5.74) is 7.36. The van der Waals surface area contributed by atoms with E-state index in [4.69, 9.17) is 10.5 Å². The largest absolute Gasteiger partial charge is 0.490 e. The molecule has 18 heavy (non-hydrogen) atoms. The Kier molecular flexibility index (Phi) is 3.77. The second-order valence-electron chi connectivity index (χ2n) is 3.87. The highest BCUT2D eigenvalue weighted by molar-refractivity contribution is 5.46. The molecule has 94 valence electrons. The molecule has 2 nitrogen and oxygen atoms in total. The highest BCUT2D eigenvalue weighted by atomic mass is 19.1. The maximum Gasteiger partial charge on any atom is 0.165 e. The molecule has 0 unspecified atom stereocenters. The van der Waals surface area contributed by atoms with Crippen LogP contribution < -0.4 is 10.5 Å². The van der Waals surface area contributed by atoms with E-state index in [1.165, 1.54) is 0 Å². The summed E-state index contributed by atoms with van der Waals surface area (Å²) in [5.74, 6) is -1.17. The van der Waals surface area contributed by atoms with Gasteiger partial charge in [-0.25, -0.2) is 8.78 Å². The third kappa shape index (κ3) is 2.97. The number of rotatable bonds is 4. The predicted octanol–water partition coefficient (Wildman–Crippen LogP) is 3.17. The van der Waals surface area contributed by atoms with Crippen molar-refractivity contribution in [3.05, 3.63) is 59.7 Å². The van der Waals surface area contributed by atoms with Crippen molar-refractivity contribution in [3.8, 4) is 5.75 Å². The lowest BCUT2D eigenvalue weighted by atomic mass is 10.1. The second kappa shape index (κ2) is 5.49. The normalized spacial score (nSPS) is 10.3. The van der Waals surface area contributed by atoms with Gasteiger partial charge in [-0.15, -0.1) is 0 Å². The van der Waals surface area contributed by atoms with E-state index in [2.05, 4.69) is 0 Å². The number of halogens is 2. The van der Waals surface area contributed by atoms with Crippen LogP contribution in [0, 0.1) is 11.6 Å². The van der Waals surface area contributed by atoms with E-state index >= 15 is 0 Å². The molecule has 0 atom stereocenters.